The van der Waals surface area contributed by atoms with Gasteiger partial charge in [-0.2, -0.15) is 0 Å². The maximum absolute atomic E-state index is 12.3. The van der Waals surface area contributed by atoms with E-state index in [0.717, 1.165) is 5.69 Å². The van der Waals surface area contributed by atoms with Crippen molar-refractivity contribution in [1.29, 1.82) is 0 Å². The van der Waals surface area contributed by atoms with Gasteiger partial charge in [-0.05, 0) is 36.4 Å². The summed E-state index contributed by atoms with van der Waals surface area (Å²) in [6, 6.07) is 13.3. The third-order valence-corrected chi connectivity index (χ3v) is 4.34. The first kappa shape index (κ1) is 17.0. The number of carbonyl (C=O) groups excluding carboxylic acids is 1. The van der Waals surface area contributed by atoms with Crippen molar-refractivity contribution in [2.75, 3.05) is 36.4 Å². The first-order chi connectivity index (χ1) is 12.0. The van der Waals surface area contributed by atoms with Gasteiger partial charge in [-0.1, -0.05) is 11.6 Å². The Kier molecular flexibility index (Phi) is 5.04. The Labute approximate surface area is 149 Å². The molecule has 7 nitrogen and oxygen atoms in total. The number of nitrogens with one attached hydrogen (secondary N) is 1. The lowest BCUT2D eigenvalue weighted by Gasteiger charge is -2.36. The number of nitro benzene ring substituents is 1. The van der Waals surface area contributed by atoms with Gasteiger partial charge in [-0.3, -0.25) is 10.1 Å². The molecule has 0 atom stereocenters. The van der Waals surface area contributed by atoms with Gasteiger partial charge in [0.15, 0.2) is 0 Å². The fourth-order valence-corrected chi connectivity index (χ4v) is 2.81. The summed E-state index contributed by atoms with van der Waals surface area (Å²) < 4.78 is 0. The zero-order chi connectivity index (χ0) is 17.8. The maximum atomic E-state index is 12.3. The maximum Gasteiger partial charge on any atom is 0.321 e. The number of nitrogens with zero attached hydrogens (tertiary/aromatic N) is 3. The fraction of sp³-hybridized carbons (Fsp3) is 0.235. The number of piperazine rings is 1. The standard InChI is InChI=1S/C17H17ClN4O3/c18-13-1-3-14(4-2-13)19-17(23)21-11-9-20(10-12-21)15-5-7-16(8-6-15)22(24)25/h1-8H,9-12H2,(H,19,23). The van der Waals surface area contributed by atoms with Gasteiger partial charge in [0.1, 0.15) is 0 Å². The molecular formula is C17H17ClN4O3. The molecule has 1 saturated heterocycles. The molecule has 0 spiro atoms. The van der Waals surface area contributed by atoms with Crippen LogP contribution >= 0.6 is 11.6 Å². The molecule has 1 aliphatic heterocycles. The molecule has 0 aliphatic carbocycles. The zero-order valence-corrected chi connectivity index (χ0v) is 14.1. The van der Waals surface area contributed by atoms with Gasteiger partial charge < -0.3 is 15.1 Å². The summed E-state index contributed by atoms with van der Waals surface area (Å²) in [5.41, 5.74) is 1.69. The number of halogens is 1. The molecule has 130 valence electrons. The highest BCUT2D eigenvalue weighted by Gasteiger charge is 2.21. The summed E-state index contributed by atoms with van der Waals surface area (Å²) in [5, 5.41) is 14.2. The van der Waals surface area contributed by atoms with Gasteiger partial charge in [-0.25, -0.2) is 4.79 Å². The molecule has 3 rings (SSSR count). The average Bonchev–Trinajstić information content (AvgIpc) is 2.64. The Balaban J connectivity index is 1.55. The quantitative estimate of drug-likeness (QED) is 0.670. The third-order valence-electron chi connectivity index (χ3n) is 4.09. The fourth-order valence-electron chi connectivity index (χ4n) is 2.69. The molecule has 1 aliphatic rings. The van der Waals surface area contributed by atoms with E-state index in [2.05, 4.69) is 10.2 Å². The van der Waals surface area contributed by atoms with Crippen molar-refractivity contribution >= 4 is 34.7 Å². The minimum atomic E-state index is -0.414. The zero-order valence-electron chi connectivity index (χ0n) is 13.4. The first-order valence-corrected chi connectivity index (χ1v) is 8.21. The molecule has 2 aromatic carbocycles. The van der Waals surface area contributed by atoms with Crippen molar-refractivity contribution in [3.63, 3.8) is 0 Å². The molecule has 0 radical (unpaired) electrons. The van der Waals surface area contributed by atoms with Crippen molar-refractivity contribution in [2.45, 2.75) is 0 Å². The summed E-state index contributed by atoms with van der Waals surface area (Å²) in [4.78, 5) is 26.5. The minimum absolute atomic E-state index is 0.0738. The highest BCUT2D eigenvalue weighted by Crippen LogP contribution is 2.21. The normalized spacial score (nSPS) is 14.3. The molecule has 25 heavy (non-hydrogen) atoms. The lowest BCUT2D eigenvalue weighted by Crippen LogP contribution is -2.50. The Hall–Kier alpha value is -2.80. The summed E-state index contributed by atoms with van der Waals surface area (Å²) in [6.07, 6.45) is 0. The first-order valence-electron chi connectivity index (χ1n) is 7.84. The number of nitro groups is 1. The number of non-ortho nitro benzene ring substituents is 1. The molecule has 0 unspecified atom stereocenters. The average molecular weight is 361 g/mol. The summed E-state index contributed by atoms with van der Waals surface area (Å²) in [7, 11) is 0. The van der Waals surface area contributed by atoms with Gasteiger partial charge in [0.2, 0.25) is 0 Å². The van der Waals surface area contributed by atoms with Gasteiger partial charge in [0.05, 0.1) is 4.92 Å². The van der Waals surface area contributed by atoms with Crippen molar-refractivity contribution < 1.29 is 9.72 Å². The summed E-state index contributed by atoms with van der Waals surface area (Å²) >= 11 is 5.83. The van der Waals surface area contributed by atoms with E-state index in [1.54, 1.807) is 41.3 Å². The molecule has 1 fully saturated rings. The van der Waals surface area contributed by atoms with Crippen LogP contribution in [0.1, 0.15) is 0 Å². The number of anilines is 2. The van der Waals surface area contributed by atoms with Crippen LogP contribution in [0, 0.1) is 10.1 Å². The van der Waals surface area contributed by atoms with Gasteiger partial charge in [0.25, 0.3) is 5.69 Å². The van der Waals surface area contributed by atoms with E-state index in [4.69, 9.17) is 11.6 Å². The highest BCUT2D eigenvalue weighted by molar-refractivity contribution is 6.30. The van der Waals surface area contributed by atoms with E-state index in [-0.39, 0.29) is 11.7 Å². The van der Waals surface area contributed by atoms with Crippen molar-refractivity contribution in [1.82, 2.24) is 4.90 Å². The van der Waals surface area contributed by atoms with E-state index in [1.807, 2.05) is 0 Å². The van der Waals surface area contributed by atoms with E-state index >= 15 is 0 Å². The van der Waals surface area contributed by atoms with Crippen LogP contribution in [0.4, 0.5) is 21.9 Å². The molecule has 1 N–H and O–H groups in total. The molecule has 2 aromatic rings. The third kappa shape index (κ3) is 4.19. The van der Waals surface area contributed by atoms with Gasteiger partial charge in [-0.15, -0.1) is 0 Å². The minimum Gasteiger partial charge on any atom is -0.368 e. The second kappa shape index (κ2) is 7.40. The molecular weight excluding hydrogens is 344 g/mol. The van der Waals surface area contributed by atoms with Crippen molar-refractivity contribution in [2.24, 2.45) is 0 Å². The lowest BCUT2D eigenvalue weighted by atomic mass is 10.2. The SMILES string of the molecule is O=C(Nc1ccc(Cl)cc1)N1CCN(c2ccc([N+](=O)[O-])cc2)CC1. The van der Waals surface area contributed by atoms with Crippen LogP contribution in [0.3, 0.4) is 0 Å². The largest absolute Gasteiger partial charge is 0.368 e. The van der Waals surface area contributed by atoms with Crippen LogP contribution in [-0.2, 0) is 0 Å². The van der Waals surface area contributed by atoms with E-state index in [0.29, 0.717) is 36.9 Å². The predicted molar refractivity (Wildman–Crippen MR) is 97.4 cm³/mol. The number of carbonyl (C=O) groups is 1. The Morgan fingerprint density at radius 3 is 2.16 bits per heavy atom. The summed E-state index contributed by atoms with van der Waals surface area (Å²) in [5.74, 6) is 0. The van der Waals surface area contributed by atoms with Crippen molar-refractivity contribution in [3.05, 3.63) is 63.7 Å². The number of urea groups is 1. The van der Waals surface area contributed by atoms with Gasteiger partial charge >= 0.3 is 6.03 Å². The monoisotopic (exact) mass is 360 g/mol. The van der Waals surface area contributed by atoms with Crippen LogP contribution in [-0.4, -0.2) is 42.0 Å². The van der Waals surface area contributed by atoms with E-state index in [1.165, 1.54) is 12.1 Å². The second-order valence-corrected chi connectivity index (χ2v) is 6.12. The van der Waals surface area contributed by atoms with Crippen molar-refractivity contribution in [3.8, 4) is 0 Å². The number of hydrogen-bond acceptors (Lipinski definition) is 4. The number of amides is 2. The van der Waals surface area contributed by atoms with Crippen LogP contribution in [0.5, 0.6) is 0 Å². The Morgan fingerprint density at radius 2 is 1.60 bits per heavy atom. The van der Waals surface area contributed by atoms with Crippen LogP contribution < -0.4 is 10.2 Å². The van der Waals surface area contributed by atoms with E-state index < -0.39 is 4.92 Å². The Morgan fingerprint density at radius 1 is 1.00 bits per heavy atom. The van der Waals surface area contributed by atoms with Crippen LogP contribution in [0.15, 0.2) is 48.5 Å². The summed E-state index contributed by atoms with van der Waals surface area (Å²) in [6.45, 7) is 2.50. The molecule has 0 saturated carbocycles. The molecule has 2 amide bonds. The van der Waals surface area contributed by atoms with E-state index in [9.17, 15) is 14.9 Å². The predicted octanol–water partition coefficient (Wildman–Crippen LogP) is 3.60. The van der Waals surface area contributed by atoms with Gasteiger partial charge in [0, 0.05) is 54.7 Å². The molecule has 0 bridgehead atoms. The second-order valence-electron chi connectivity index (χ2n) is 5.68. The number of benzene rings is 2. The molecule has 0 aromatic heterocycles. The molecule has 8 heteroatoms. The van der Waals surface area contributed by atoms with Crippen LogP contribution in [0.2, 0.25) is 5.02 Å². The molecule has 1 heterocycles. The highest BCUT2D eigenvalue weighted by atomic mass is 35.5. The smallest absolute Gasteiger partial charge is 0.321 e. The number of hydrogen-bond donors (Lipinski definition) is 1. The number of rotatable bonds is 3. The Bertz CT molecular complexity index is 756. The van der Waals surface area contributed by atoms with Crippen LogP contribution in [0.25, 0.3) is 0 Å². The lowest BCUT2D eigenvalue weighted by molar-refractivity contribution is -0.384. The topological polar surface area (TPSA) is 78.7 Å².